The highest BCUT2D eigenvalue weighted by molar-refractivity contribution is 9.10. The molecule has 0 heterocycles. The smallest absolute Gasteiger partial charge is 0.207 e. The van der Waals surface area contributed by atoms with E-state index in [4.69, 9.17) is 0 Å². The first kappa shape index (κ1) is 16.0. The molecule has 1 saturated carbocycles. The fraction of sp³-hybridized carbons (Fsp3) is 0.600. The van der Waals surface area contributed by atoms with Crippen molar-refractivity contribution in [3.8, 4) is 0 Å². The molecule has 0 N–H and O–H groups in total. The van der Waals surface area contributed by atoms with Gasteiger partial charge in [-0.25, -0.2) is 8.42 Å². The van der Waals surface area contributed by atoms with Gasteiger partial charge in [0.15, 0.2) is 0 Å². The lowest BCUT2D eigenvalue weighted by Crippen LogP contribution is -2.41. The van der Waals surface area contributed by atoms with E-state index in [0.717, 1.165) is 35.7 Å². The Labute approximate surface area is 130 Å². The summed E-state index contributed by atoms with van der Waals surface area (Å²) < 4.78 is 28.4. The van der Waals surface area contributed by atoms with Crippen LogP contribution >= 0.6 is 15.9 Å². The van der Waals surface area contributed by atoms with Crippen LogP contribution in [0.5, 0.6) is 0 Å². The summed E-state index contributed by atoms with van der Waals surface area (Å²) >= 11 is 3.37. The van der Waals surface area contributed by atoms with Gasteiger partial charge in [0.05, 0.1) is 4.90 Å². The minimum atomic E-state index is -3.40. The maximum atomic E-state index is 12.9. The Hall–Kier alpha value is -0.390. The Morgan fingerprint density at radius 1 is 1.25 bits per heavy atom. The van der Waals surface area contributed by atoms with Crippen molar-refractivity contribution in [1.82, 2.24) is 4.31 Å². The largest absolute Gasteiger partial charge is 0.243 e. The van der Waals surface area contributed by atoms with Crippen molar-refractivity contribution in [2.24, 2.45) is 0 Å². The van der Waals surface area contributed by atoms with Crippen molar-refractivity contribution in [2.45, 2.75) is 56.9 Å². The van der Waals surface area contributed by atoms with Gasteiger partial charge in [0.2, 0.25) is 10.0 Å². The van der Waals surface area contributed by atoms with Crippen LogP contribution in [0.3, 0.4) is 0 Å². The van der Waals surface area contributed by atoms with Crippen LogP contribution in [-0.4, -0.2) is 25.3 Å². The summed E-state index contributed by atoms with van der Waals surface area (Å²) in [6, 6.07) is 5.62. The Morgan fingerprint density at radius 3 is 2.50 bits per heavy atom. The van der Waals surface area contributed by atoms with Crippen LogP contribution < -0.4 is 0 Å². The summed E-state index contributed by atoms with van der Waals surface area (Å²) in [6.45, 7) is 4.33. The van der Waals surface area contributed by atoms with Crippen molar-refractivity contribution < 1.29 is 8.42 Å². The second kappa shape index (κ2) is 6.58. The molecule has 1 aromatic carbocycles. The quantitative estimate of drug-likeness (QED) is 0.811. The average Bonchev–Trinajstić information content (AvgIpc) is 2.43. The second-order valence-electron chi connectivity index (χ2n) is 5.41. The van der Waals surface area contributed by atoms with Gasteiger partial charge in [-0.15, -0.1) is 0 Å². The third-order valence-corrected chi connectivity index (χ3v) is 6.69. The molecule has 3 nitrogen and oxygen atoms in total. The van der Waals surface area contributed by atoms with Gasteiger partial charge in [-0.3, -0.25) is 0 Å². The molecule has 112 valence electrons. The zero-order chi connectivity index (χ0) is 14.8. The highest BCUT2D eigenvalue weighted by atomic mass is 79.9. The summed E-state index contributed by atoms with van der Waals surface area (Å²) in [5.74, 6) is 0. The zero-order valence-corrected chi connectivity index (χ0v) is 14.5. The highest BCUT2D eigenvalue weighted by Crippen LogP contribution is 2.30. The van der Waals surface area contributed by atoms with Gasteiger partial charge in [-0.1, -0.05) is 48.2 Å². The van der Waals surface area contributed by atoms with Crippen LogP contribution in [0.4, 0.5) is 0 Å². The maximum absolute atomic E-state index is 12.9. The molecule has 0 atom stereocenters. The van der Waals surface area contributed by atoms with E-state index in [1.165, 1.54) is 6.42 Å². The molecule has 0 radical (unpaired) electrons. The fourth-order valence-corrected chi connectivity index (χ4v) is 5.43. The van der Waals surface area contributed by atoms with Gasteiger partial charge in [-0.2, -0.15) is 4.31 Å². The summed E-state index contributed by atoms with van der Waals surface area (Å²) in [4.78, 5) is 0.430. The molecule has 0 saturated heterocycles. The molecule has 0 amide bonds. The molecular weight excluding hydrogens is 338 g/mol. The van der Waals surface area contributed by atoms with Crippen LogP contribution in [-0.2, 0) is 10.0 Å². The first-order valence-corrected chi connectivity index (χ1v) is 9.48. The van der Waals surface area contributed by atoms with Crippen molar-refractivity contribution in [1.29, 1.82) is 0 Å². The van der Waals surface area contributed by atoms with Crippen LogP contribution in [0.25, 0.3) is 0 Å². The van der Waals surface area contributed by atoms with Crippen molar-refractivity contribution >= 4 is 26.0 Å². The minimum Gasteiger partial charge on any atom is -0.207 e. The van der Waals surface area contributed by atoms with Crippen molar-refractivity contribution in [3.05, 3.63) is 28.2 Å². The Kier molecular flexibility index (Phi) is 5.26. The lowest BCUT2D eigenvalue weighted by atomic mass is 9.95. The molecular formula is C15H22BrNO2S. The number of hydrogen-bond donors (Lipinski definition) is 0. The first-order valence-electron chi connectivity index (χ1n) is 7.25. The van der Waals surface area contributed by atoms with Crippen molar-refractivity contribution in [3.63, 3.8) is 0 Å². The SMILES string of the molecule is CCN(C1CCCCC1)S(=O)(=O)c1cc(Br)ccc1C. The zero-order valence-electron chi connectivity index (χ0n) is 12.1. The molecule has 0 aliphatic heterocycles. The van der Waals surface area contributed by atoms with E-state index in [1.807, 2.05) is 26.0 Å². The van der Waals surface area contributed by atoms with Crippen LogP contribution in [0.2, 0.25) is 0 Å². The van der Waals surface area contributed by atoms with E-state index in [2.05, 4.69) is 15.9 Å². The number of sulfonamides is 1. The lowest BCUT2D eigenvalue weighted by Gasteiger charge is -2.33. The highest BCUT2D eigenvalue weighted by Gasteiger charge is 2.32. The predicted molar refractivity (Wildman–Crippen MR) is 85.3 cm³/mol. The van der Waals surface area contributed by atoms with Crippen LogP contribution in [0, 0.1) is 6.92 Å². The third kappa shape index (κ3) is 3.26. The van der Waals surface area contributed by atoms with Gasteiger partial charge in [0, 0.05) is 17.1 Å². The molecule has 1 aromatic rings. The number of nitrogens with zero attached hydrogens (tertiary/aromatic N) is 1. The van der Waals surface area contributed by atoms with E-state index < -0.39 is 10.0 Å². The normalized spacial score (nSPS) is 17.6. The standard InChI is InChI=1S/C15H22BrNO2S/c1-3-17(14-7-5-4-6-8-14)20(18,19)15-11-13(16)10-9-12(15)2/h9-11,14H,3-8H2,1-2H3. The molecule has 1 fully saturated rings. The van der Waals surface area contributed by atoms with E-state index in [1.54, 1.807) is 10.4 Å². The third-order valence-electron chi connectivity index (χ3n) is 4.03. The summed E-state index contributed by atoms with van der Waals surface area (Å²) in [6.07, 6.45) is 5.46. The van der Waals surface area contributed by atoms with Gasteiger partial charge in [-0.05, 0) is 37.5 Å². The van der Waals surface area contributed by atoms with Crippen LogP contribution in [0.15, 0.2) is 27.6 Å². The lowest BCUT2D eigenvalue weighted by molar-refractivity contribution is 0.261. The first-order chi connectivity index (χ1) is 9.46. The van der Waals surface area contributed by atoms with Gasteiger partial charge in [0.25, 0.3) is 0 Å². The summed E-state index contributed by atoms with van der Waals surface area (Å²) in [7, 11) is -3.40. The van der Waals surface area contributed by atoms with E-state index >= 15 is 0 Å². The molecule has 0 aromatic heterocycles. The molecule has 20 heavy (non-hydrogen) atoms. The molecule has 1 aliphatic rings. The van der Waals surface area contributed by atoms with E-state index in [0.29, 0.717) is 11.4 Å². The summed E-state index contributed by atoms with van der Waals surface area (Å²) in [5, 5.41) is 0. The fourth-order valence-electron chi connectivity index (χ4n) is 2.97. The molecule has 0 bridgehead atoms. The number of halogens is 1. The topological polar surface area (TPSA) is 37.4 Å². The number of aryl methyl sites for hydroxylation is 1. The molecule has 5 heteroatoms. The summed E-state index contributed by atoms with van der Waals surface area (Å²) in [5.41, 5.74) is 0.808. The van der Waals surface area contributed by atoms with Gasteiger partial charge < -0.3 is 0 Å². The Bertz CT molecular complexity index is 565. The minimum absolute atomic E-state index is 0.164. The average molecular weight is 360 g/mol. The number of rotatable bonds is 4. The van der Waals surface area contributed by atoms with E-state index in [9.17, 15) is 8.42 Å². The Morgan fingerprint density at radius 2 is 1.90 bits per heavy atom. The molecule has 0 unspecified atom stereocenters. The van der Waals surface area contributed by atoms with Crippen LogP contribution in [0.1, 0.15) is 44.6 Å². The molecule has 2 rings (SSSR count). The van der Waals surface area contributed by atoms with Gasteiger partial charge in [0.1, 0.15) is 0 Å². The van der Waals surface area contributed by atoms with Gasteiger partial charge >= 0.3 is 0 Å². The van der Waals surface area contributed by atoms with E-state index in [-0.39, 0.29) is 6.04 Å². The van der Waals surface area contributed by atoms with Crippen molar-refractivity contribution in [2.75, 3.05) is 6.54 Å². The monoisotopic (exact) mass is 359 g/mol. The predicted octanol–water partition coefficient (Wildman–Crippen LogP) is 4.10. The molecule has 0 spiro atoms. The number of hydrogen-bond acceptors (Lipinski definition) is 2. The maximum Gasteiger partial charge on any atom is 0.243 e. The Balaban J connectivity index is 2.38. The number of benzene rings is 1. The second-order valence-corrected chi connectivity index (χ2v) is 8.18. The molecule has 1 aliphatic carbocycles.